The van der Waals surface area contributed by atoms with Gasteiger partial charge in [-0.3, -0.25) is 9.59 Å². The number of carbonyl (C=O) groups excluding carboxylic acids is 2. The lowest BCUT2D eigenvalue weighted by Gasteiger charge is -2.15. The first-order chi connectivity index (χ1) is 14.4. The van der Waals surface area contributed by atoms with E-state index in [0.717, 1.165) is 10.5 Å². The number of hydrazine groups is 1. The van der Waals surface area contributed by atoms with E-state index < -0.39 is 23.8 Å². The van der Waals surface area contributed by atoms with E-state index in [9.17, 15) is 19.5 Å². The Morgan fingerprint density at radius 1 is 1.20 bits per heavy atom. The monoisotopic (exact) mass is 429 g/mol. The number of hydrogen-bond donors (Lipinski definition) is 5. The minimum Gasteiger partial charge on any atom is -0.480 e. The second kappa shape index (κ2) is 11.6. The SMILES string of the molecule is CSc1cccc(CC(NC(=O)CNC(=O)c2cccc(N=CNN)c2)C(=O)O)c1. The van der Waals surface area contributed by atoms with E-state index in [-0.39, 0.29) is 13.0 Å². The molecule has 0 spiro atoms. The largest absolute Gasteiger partial charge is 0.480 e. The molecule has 0 aliphatic rings. The summed E-state index contributed by atoms with van der Waals surface area (Å²) in [4.78, 5) is 41.0. The van der Waals surface area contributed by atoms with Gasteiger partial charge in [-0.1, -0.05) is 18.2 Å². The van der Waals surface area contributed by atoms with Crippen LogP contribution in [0.2, 0.25) is 0 Å². The molecule has 10 heteroatoms. The Bertz CT molecular complexity index is 935. The summed E-state index contributed by atoms with van der Waals surface area (Å²) in [6.07, 6.45) is 3.33. The number of nitrogens with two attached hydrogens (primary N) is 1. The Kier molecular flexibility index (Phi) is 8.85. The molecule has 6 N–H and O–H groups in total. The summed E-state index contributed by atoms with van der Waals surface area (Å²) in [5.41, 5.74) is 3.86. The van der Waals surface area contributed by atoms with Gasteiger partial charge < -0.3 is 21.2 Å². The molecular weight excluding hydrogens is 406 g/mol. The molecule has 30 heavy (non-hydrogen) atoms. The number of rotatable bonds is 10. The van der Waals surface area contributed by atoms with Crippen molar-refractivity contribution >= 4 is 41.6 Å². The van der Waals surface area contributed by atoms with Crippen LogP contribution < -0.4 is 21.9 Å². The lowest BCUT2D eigenvalue weighted by atomic mass is 10.1. The number of hydrogen-bond acceptors (Lipinski definition) is 6. The van der Waals surface area contributed by atoms with Crippen molar-refractivity contribution in [1.29, 1.82) is 0 Å². The number of nitrogens with zero attached hydrogens (tertiary/aromatic N) is 1. The molecule has 2 aromatic rings. The quantitative estimate of drug-likeness (QED) is 0.125. The van der Waals surface area contributed by atoms with Crippen LogP contribution in [0.25, 0.3) is 0 Å². The van der Waals surface area contributed by atoms with E-state index in [1.807, 2.05) is 24.5 Å². The lowest BCUT2D eigenvalue weighted by molar-refractivity contribution is -0.141. The molecule has 158 valence electrons. The maximum atomic E-state index is 12.3. The van der Waals surface area contributed by atoms with Gasteiger partial charge >= 0.3 is 5.97 Å². The van der Waals surface area contributed by atoms with E-state index in [0.29, 0.717) is 11.3 Å². The summed E-state index contributed by atoms with van der Waals surface area (Å²) >= 11 is 1.55. The second-order valence-corrected chi connectivity index (χ2v) is 7.05. The van der Waals surface area contributed by atoms with Crippen molar-refractivity contribution in [3.8, 4) is 0 Å². The maximum Gasteiger partial charge on any atom is 0.326 e. The summed E-state index contributed by atoms with van der Waals surface area (Å²) in [6, 6.07) is 12.8. The molecule has 0 heterocycles. The Balaban J connectivity index is 1.93. The number of carbonyl (C=O) groups is 3. The lowest BCUT2D eigenvalue weighted by Crippen LogP contribution is -2.46. The molecule has 2 amide bonds. The van der Waals surface area contributed by atoms with Crippen molar-refractivity contribution in [2.45, 2.75) is 17.4 Å². The predicted molar refractivity (Wildman–Crippen MR) is 116 cm³/mol. The Hall–Kier alpha value is -3.37. The average molecular weight is 430 g/mol. The van der Waals surface area contributed by atoms with Crippen LogP contribution in [0.1, 0.15) is 15.9 Å². The molecule has 0 saturated carbocycles. The van der Waals surface area contributed by atoms with Crippen molar-refractivity contribution in [2.24, 2.45) is 10.8 Å². The van der Waals surface area contributed by atoms with Crippen molar-refractivity contribution in [2.75, 3.05) is 12.8 Å². The molecule has 1 atom stereocenters. The van der Waals surface area contributed by atoms with Crippen LogP contribution in [0, 0.1) is 0 Å². The minimum atomic E-state index is -1.15. The molecule has 0 aliphatic carbocycles. The molecule has 0 fully saturated rings. The third-order valence-corrected chi connectivity index (χ3v) is 4.74. The zero-order chi connectivity index (χ0) is 21.9. The normalized spacial score (nSPS) is 11.7. The van der Waals surface area contributed by atoms with Crippen LogP contribution in [0.3, 0.4) is 0 Å². The molecule has 0 radical (unpaired) electrons. The van der Waals surface area contributed by atoms with E-state index >= 15 is 0 Å². The fourth-order valence-corrected chi connectivity index (χ4v) is 3.07. The number of nitrogens with one attached hydrogen (secondary N) is 3. The number of aliphatic carboxylic acids is 1. The zero-order valence-electron chi connectivity index (χ0n) is 16.3. The Morgan fingerprint density at radius 2 is 1.97 bits per heavy atom. The van der Waals surface area contributed by atoms with Crippen LogP contribution in [0.15, 0.2) is 58.4 Å². The van der Waals surface area contributed by atoms with Gasteiger partial charge in [0, 0.05) is 16.9 Å². The van der Waals surface area contributed by atoms with Crippen LogP contribution in [0.5, 0.6) is 0 Å². The minimum absolute atomic E-state index is 0.138. The summed E-state index contributed by atoms with van der Waals surface area (Å²) in [7, 11) is 0. The third-order valence-electron chi connectivity index (χ3n) is 4.01. The van der Waals surface area contributed by atoms with E-state index in [2.05, 4.69) is 21.1 Å². The van der Waals surface area contributed by atoms with E-state index in [4.69, 9.17) is 5.84 Å². The van der Waals surface area contributed by atoms with Crippen LogP contribution in [-0.2, 0) is 16.0 Å². The number of amides is 2. The third kappa shape index (κ3) is 7.22. The molecular formula is C20H23N5O4S. The fraction of sp³-hybridized carbons (Fsp3) is 0.200. The van der Waals surface area contributed by atoms with Gasteiger partial charge in [-0.05, 0) is 42.2 Å². The van der Waals surface area contributed by atoms with E-state index in [1.54, 1.807) is 36.0 Å². The molecule has 0 aromatic heterocycles. The summed E-state index contributed by atoms with van der Waals surface area (Å²) < 4.78 is 0. The smallest absolute Gasteiger partial charge is 0.326 e. The topological polar surface area (TPSA) is 146 Å². The highest BCUT2D eigenvalue weighted by Gasteiger charge is 2.21. The number of benzene rings is 2. The predicted octanol–water partition coefficient (Wildman–Crippen LogP) is 1.07. The molecule has 2 rings (SSSR count). The first-order valence-electron chi connectivity index (χ1n) is 8.95. The van der Waals surface area contributed by atoms with Crippen molar-refractivity contribution in [1.82, 2.24) is 16.1 Å². The first-order valence-corrected chi connectivity index (χ1v) is 10.2. The van der Waals surface area contributed by atoms with E-state index in [1.165, 1.54) is 12.4 Å². The van der Waals surface area contributed by atoms with Gasteiger partial charge in [0.15, 0.2) is 0 Å². The highest BCUT2D eigenvalue weighted by molar-refractivity contribution is 7.98. The van der Waals surface area contributed by atoms with Gasteiger partial charge in [0.25, 0.3) is 5.91 Å². The first kappa shape index (κ1) is 22.9. The summed E-state index contributed by atoms with van der Waals surface area (Å²) in [6.45, 7) is -0.356. The number of aliphatic imine (C=N–C) groups is 1. The van der Waals surface area contributed by atoms with Gasteiger partial charge in [-0.15, -0.1) is 11.8 Å². The number of thioether (sulfide) groups is 1. The van der Waals surface area contributed by atoms with Crippen molar-refractivity contribution in [3.05, 3.63) is 59.7 Å². The van der Waals surface area contributed by atoms with Gasteiger partial charge in [-0.25, -0.2) is 15.6 Å². The molecule has 0 aliphatic heterocycles. The van der Waals surface area contributed by atoms with Crippen molar-refractivity contribution < 1.29 is 19.5 Å². The zero-order valence-corrected chi connectivity index (χ0v) is 17.1. The van der Waals surface area contributed by atoms with Crippen LogP contribution in [0.4, 0.5) is 5.69 Å². The molecule has 0 saturated heterocycles. The van der Waals surface area contributed by atoms with Gasteiger partial charge in [0.2, 0.25) is 5.91 Å². The number of carboxylic acid groups (broad SMARTS) is 1. The highest BCUT2D eigenvalue weighted by atomic mass is 32.2. The van der Waals surface area contributed by atoms with Gasteiger partial charge in [0.1, 0.15) is 12.4 Å². The van der Waals surface area contributed by atoms with Crippen LogP contribution >= 0.6 is 11.8 Å². The second-order valence-electron chi connectivity index (χ2n) is 6.17. The fourth-order valence-electron chi connectivity index (χ4n) is 2.58. The summed E-state index contributed by atoms with van der Waals surface area (Å²) in [5.74, 6) is 2.88. The molecule has 0 bridgehead atoms. The Labute approximate surface area is 178 Å². The van der Waals surface area contributed by atoms with Crippen LogP contribution in [-0.4, -0.2) is 48.1 Å². The summed E-state index contributed by atoms with van der Waals surface area (Å²) in [5, 5.41) is 14.3. The standard InChI is InChI=1S/C20H23N5O4S/c1-30-16-7-2-4-13(8-16)9-17(20(28)29)25-18(26)11-22-19(27)14-5-3-6-15(10-14)23-12-24-21/h2-8,10,12,17H,9,11,21H2,1H3,(H,22,27)(H,23,24)(H,25,26)(H,28,29). The van der Waals surface area contributed by atoms with Gasteiger partial charge in [0.05, 0.1) is 12.2 Å². The molecule has 1 unspecified atom stereocenters. The highest BCUT2D eigenvalue weighted by Crippen LogP contribution is 2.17. The average Bonchev–Trinajstić information content (AvgIpc) is 2.75. The number of carboxylic acids is 1. The maximum absolute atomic E-state index is 12.3. The Morgan fingerprint density at radius 3 is 2.67 bits per heavy atom. The molecule has 9 nitrogen and oxygen atoms in total. The van der Waals surface area contributed by atoms with Gasteiger partial charge in [-0.2, -0.15) is 0 Å². The van der Waals surface area contributed by atoms with Crippen molar-refractivity contribution in [3.63, 3.8) is 0 Å². The molecule has 2 aromatic carbocycles.